The van der Waals surface area contributed by atoms with Gasteiger partial charge in [0.2, 0.25) is 0 Å². The summed E-state index contributed by atoms with van der Waals surface area (Å²) < 4.78 is 20.1. The fourth-order valence-corrected chi connectivity index (χ4v) is 2.08. The van der Waals surface area contributed by atoms with Crippen LogP contribution in [0.3, 0.4) is 0 Å². The summed E-state index contributed by atoms with van der Waals surface area (Å²) in [6.07, 6.45) is 1.82. The number of halogens is 2. The highest BCUT2D eigenvalue weighted by Gasteiger charge is 2.20. The molecule has 0 bridgehead atoms. The summed E-state index contributed by atoms with van der Waals surface area (Å²) in [6, 6.07) is 1.54. The van der Waals surface area contributed by atoms with Gasteiger partial charge in [-0.25, -0.2) is 13.7 Å². The summed E-state index contributed by atoms with van der Waals surface area (Å²) in [7, 11) is 0. The predicted octanol–water partition coefficient (Wildman–Crippen LogP) is 2.98. The second-order valence-electron chi connectivity index (χ2n) is 3.69. The Labute approximate surface area is 112 Å². The monoisotopic (exact) mass is 314 g/mol. The van der Waals surface area contributed by atoms with E-state index in [9.17, 15) is 9.18 Å². The molecule has 0 aliphatic heterocycles. The molecule has 0 atom stereocenters. The van der Waals surface area contributed by atoms with Crippen molar-refractivity contribution in [3.63, 3.8) is 0 Å². The molecule has 2 aromatic rings. The fourth-order valence-electron chi connectivity index (χ4n) is 1.76. The van der Waals surface area contributed by atoms with Crippen molar-refractivity contribution in [1.82, 2.24) is 9.61 Å². The zero-order valence-corrected chi connectivity index (χ0v) is 11.6. The van der Waals surface area contributed by atoms with Crippen molar-refractivity contribution in [2.45, 2.75) is 20.3 Å². The van der Waals surface area contributed by atoms with Gasteiger partial charge in [-0.1, -0.05) is 6.92 Å². The van der Waals surface area contributed by atoms with Crippen molar-refractivity contribution in [2.24, 2.45) is 0 Å². The van der Waals surface area contributed by atoms with Crippen LogP contribution in [0.1, 0.15) is 29.9 Å². The Morgan fingerprint density at radius 1 is 1.56 bits per heavy atom. The normalized spacial score (nSPS) is 10.9. The Kier molecular flexibility index (Phi) is 3.65. The average Bonchev–Trinajstić information content (AvgIpc) is 2.68. The van der Waals surface area contributed by atoms with Crippen LogP contribution in [0.5, 0.6) is 0 Å². The number of carbonyl (C=O) groups excluding carboxylic acids is 1. The van der Waals surface area contributed by atoms with Crippen molar-refractivity contribution in [3.8, 4) is 0 Å². The number of aromatic nitrogens is 2. The molecule has 0 radical (unpaired) electrons. The van der Waals surface area contributed by atoms with E-state index in [1.807, 2.05) is 6.92 Å². The Morgan fingerprint density at radius 2 is 2.28 bits per heavy atom. The minimum absolute atomic E-state index is 0.293. The summed E-state index contributed by atoms with van der Waals surface area (Å²) in [4.78, 5) is 11.9. The van der Waals surface area contributed by atoms with E-state index in [1.54, 1.807) is 6.92 Å². The molecule has 0 saturated heterocycles. The van der Waals surface area contributed by atoms with Crippen LogP contribution in [-0.4, -0.2) is 22.2 Å². The topological polar surface area (TPSA) is 43.6 Å². The van der Waals surface area contributed by atoms with Crippen molar-refractivity contribution in [2.75, 3.05) is 6.61 Å². The van der Waals surface area contributed by atoms with Crippen LogP contribution in [-0.2, 0) is 11.2 Å². The van der Waals surface area contributed by atoms with Gasteiger partial charge in [-0.15, -0.1) is 0 Å². The highest BCUT2D eigenvalue weighted by atomic mass is 79.9. The quantitative estimate of drug-likeness (QED) is 0.818. The smallest absolute Gasteiger partial charge is 0.342 e. The van der Waals surface area contributed by atoms with Crippen molar-refractivity contribution in [3.05, 3.63) is 33.8 Å². The van der Waals surface area contributed by atoms with E-state index < -0.39 is 11.8 Å². The van der Waals surface area contributed by atoms with Crippen molar-refractivity contribution < 1.29 is 13.9 Å². The molecule has 2 rings (SSSR count). The summed E-state index contributed by atoms with van der Waals surface area (Å²) in [5, 5.41) is 4.19. The third-order valence-corrected chi connectivity index (χ3v) is 3.17. The molecular formula is C12H12BrFN2O2. The maximum Gasteiger partial charge on any atom is 0.342 e. The van der Waals surface area contributed by atoms with Crippen LogP contribution in [0, 0.1) is 5.82 Å². The Morgan fingerprint density at radius 3 is 2.89 bits per heavy atom. The van der Waals surface area contributed by atoms with E-state index in [0.29, 0.717) is 34.3 Å². The standard InChI is InChI=1S/C12H12BrFN2O2/c1-3-9-11(12(17)18-4-2)10-5-7(13)8(14)6-16(10)15-9/h5-6H,3-4H2,1-2H3. The molecule has 0 amide bonds. The molecular weight excluding hydrogens is 303 g/mol. The molecule has 0 N–H and O–H groups in total. The zero-order valence-electron chi connectivity index (χ0n) is 10.0. The lowest BCUT2D eigenvalue weighted by atomic mass is 10.1. The van der Waals surface area contributed by atoms with E-state index in [0.717, 1.165) is 0 Å². The SMILES string of the molecule is CCOC(=O)c1c(CC)nn2cc(F)c(Br)cc12. The summed E-state index contributed by atoms with van der Waals surface area (Å²) in [6.45, 7) is 3.92. The molecule has 4 nitrogen and oxygen atoms in total. The average molecular weight is 315 g/mol. The maximum absolute atomic E-state index is 13.4. The number of aryl methyl sites for hydroxylation is 1. The lowest BCUT2D eigenvalue weighted by molar-refractivity contribution is 0.0527. The second kappa shape index (κ2) is 5.06. The molecule has 0 aromatic carbocycles. The Bertz CT molecular complexity index is 610. The van der Waals surface area contributed by atoms with Gasteiger partial charge in [-0.2, -0.15) is 5.10 Å². The molecule has 0 aliphatic rings. The summed E-state index contributed by atoms with van der Waals surface area (Å²) >= 11 is 3.10. The number of carbonyl (C=O) groups is 1. The first-order valence-corrected chi connectivity index (χ1v) is 6.41. The van der Waals surface area contributed by atoms with Gasteiger partial charge in [0.05, 0.1) is 28.5 Å². The number of hydrogen-bond acceptors (Lipinski definition) is 3. The molecule has 0 aliphatic carbocycles. The number of hydrogen-bond donors (Lipinski definition) is 0. The van der Waals surface area contributed by atoms with Crippen LogP contribution < -0.4 is 0 Å². The third kappa shape index (κ3) is 2.12. The van der Waals surface area contributed by atoms with E-state index >= 15 is 0 Å². The lowest BCUT2D eigenvalue weighted by Gasteiger charge is -2.02. The number of esters is 1. The molecule has 0 fully saturated rings. The van der Waals surface area contributed by atoms with Crippen LogP contribution in [0.4, 0.5) is 4.39 Å². The van der Waals surface area contributed by atoms with Gasteiger partial charge < -0.3 is 4.74 Å². The number of rotatable bonds is 3. The van der Waals surface area contributed by atoms with Gasteiger partial charge in [-0.3, -0.25) is 0 Å². The first-order chi connectivity index (χ1) is 8.58. The highest BCUT2D eigenvalue weighted by Crippen LogP contribution is 2.23. The van der Waals surface area contributed by atoms with Crippen LogP contribution in [0.15, 0.2) is 16.7 Å². The number of pyridine rings is 1. The minimum atomic E-state index is -0.428. The molecule has 6 heteroatoms. The third-order valence-electron chi connectivity index (χ3n) is 2.56. The van der Waals surface area contributed by atoms with E-state index in [4.69, 9.17) is 4.74 Å². The molecule has 96 valence electrons. The lowest BCUT2D eigenvalue weighted by Crippen LogP contribution is -2.06. The predicted molar refractivity (Wildman–Crippen MR) is 68.2 cm³/mol. The van der Waals surface area contributed by atoms with Gasteiger partial charge in [-0.05, 0) is 35.3 Å². The molecule has 2 heterocycles. The van der Waals surface area contributed by atoms with E-state index in [1.165, 1.54) is 16.8 Å². The zero-order chi connectivity index (χ0) is 13.3. The first kappa shape index (κ1) is 13.0. The highest BCUT2D eigenvalue weighted by molar-refractivity contribution is 9.10. The summed E-state index contributed by atoms with van der Waals surface area (Å²) in [5.74, 6) is -0.856. The van der Waals surface area contributed by atoms with Crippen LogP contribution in [0.25, 0.3) is 5.52 Å². The molecule has 18 heavy (non-hydrogen) atoms. The van der Waals surface area contributed by atoms with Gasteiger partial charge >= 0.3 is 5.97 Å². The first-order valence-electron chi connectivity index (χ1n) is 5.61. The molecule has 2 aromatic heterocycles. The number of fused-ring (bicyclic) bond motifs is 1. The Balaban J connectivity index is 2.68. The van der Waals surface area contributed by atoms with Gasteiger partial charge in [0.15, 0.2) is 5.82 Å². The summed E-state index contributed by atoms with van der Waals surface area (Å²) in [5.41, 5.74) is 1.55. The van der Waals surface area contributed by atoms with E-state index in [-0.39, 0.29) is 0 Å². The van der Waals surface area contributed by atoms with Gasteiger partial charge in [0.1, 0.15) is 5.56 Å². The minimum Gasteiger partial charge on any atom is -0.462 e. The largest absolute Gasteiger partial charge is 0.462 e. The van der Waals surface area contributed by atoms with Gasteiger partial charge in [0, 0.05) is 0 Å². The molecule has 0 spiro atoms. The Hall–Kier alpha value is -1.43. The molecule has 0 unspecified atom stereocenters. The number of nitrogens with zero attached hydrogens (tertiary/aromatic N) is 2. The van der Waals surface area contributed by atoms with Crippen LogP contribution in [0.2, 0.25) is 0 Å². The van der Waals surface area contributed by atoms with Crippen molar-refractivity contribution in [1.29, 1.82) is 0 Å². The number of ether oxygens (including phenoxy) is 1. The van der Waals surface area contributed by atoms with Crippen LogP contribution >= 0.6 is 15.9 Å². The maximum atomic E-state index is 13.4. The second-order valence-corrected chi connectivity index (χ2v) is 4.55. The molecule has 0 saturated carbocycles. The van der Waals surface area contributed by atoms with Crippen molar-refractivity contribution >= 4 is 27.4 Å². The van der Waals surface area contributed by atoms with Gasteiger partial charge in [0.25, 0.3) is 0 Å². The fraction of sp³-hybridized carbons (Fsp3) is 0.333. The van der Waals surface area contributed by atoms with E-state index in [2.05, 4.69) is 21.0 Å².